The van der Waals surface area contributed by atoms with E-state index >= 15 is 0 Å². The first kappa shape index (κ1) is 23.7. The number of ether oxygens (including phenoxy) is 1. The van der Waals surface area contributed by atoms with E-state index in [9.17, 15) is 38.2 Å². The van der Waals surface area contributed by atoms with E-state index in [0.29, 0.717) is 25.2 Å². The van der Waals surface area contributed by atoms with Crippen LogP contribution in [0, 0.1) is 26.1 Å². The van der Waals surface area contributed by atoms with Crippen molar-refractivity contribution < 1.29 is 32.5 Å². The summed E-state index contributed by atoms with van der Waals surface area (Å²) in [6.07, 6.45) is -4.65. The summed E-state index contributed by atoms with van der Waals surface area (Å²) in [7, 11) is 0. The first-order valence-corrected chi connectivity index (χ1v) is 10.1. The van der Waals surface area contributed by atoms with Crippen molar-refractivity contribution >= 4 is 23.0 Å². The standard InChI is InChI=1S/C19H23F3N4O6/c1-11-9-24(10-12(2)32-11)18(27)13-3-5-23(6-4-13)17-15(25(28)29)7-14(19(20,21)22)8-16(17)26(30)31/h7-8,11-13H,3-6,9-10H2,1-2H3. The van der Waals surface area contributed by atoms with E-state index in [0.717, 1.165) is 0 Å². The summed E-state index contributed by atoms with van der Waals surface area (Å²) in [5, 5.41) is 23.0. The maximum Gasteiger partial charge on any atom is 0.416 e. The molecule has 2 heterocycles. The molecule has 1 aromatic carbocycles. The number of morpholine rings is 1. The highest BCUT2D eigenvalue weighted by molar-refractivity contribution is 5.80. The quantitative estimate of drug-likeness (QED) is 0.499. The fourth-order valence-electron chi connectivity index (χ4n) is 4.34. The topological polar surface area (TPSA) is 119 Å². The number of anilines is 1. The fraction of sp³-hybridized carbons (Fsp3) is 0.632. The average molecular weight is 460 g/mol. The van der Waals surface area contributed by atoms with Gasteiger partial charge >= 0.3 is 6.18 Å². The summed E-state index contributed by atoms with van der Waals surface area (Å²) in [5.41, 5.74) is -3.88. The van der Waals surface area contributed by atoms with Gasteiger partial charge in [0, 0.05) is 44.2 Å². The number of carbonyl (C=O) groups is 1. The van der Waals surface area contributed by atoms with Gasteiger partial charge in [-0.25, -0.2) is 0 Å². The molecule has 2 saturated heterocycles. The van der Waals surface area contributed by atoms with Gasteiger partial charge in [-0.2, -0.15) is 13.2 Å². The zero-order chi connectivity index (χ0) is 23.8. The highest BCUT2D eigenvalue weighted by atomic mass is 19.4. The predicted octanol–water partition coefficient (Wildman–Crippen LogP) is 3.37. The van der Waals surface area contributed by atoms with Crippen LogP contribution in [0.3, 0.4) is 0 Å². The van der Waals surface area contributed by atoms with Gasteiger partial charge in [0.1, 0.15) is 0 Å². The predicted molar refractivity (Wildman–Crippen MR) is 106 cm³/mol. The van der Waals surface area contributed by atoms with Crippen molar-refractivity contribution in [3.8, 4) is 0 Å². The number of rotatable bonds is 4. The molecule has 2 unspecified atom stereocenters. The van der Waals surface area contributed by atoms with Gasteiger partial charge in [0.05, 0.1) is 27.6 Å². The smallest absolute Gasteiger partial charge is 0.372 e. The van der Waals surface area contributed by atoms with Gasteiger partial charge in [-0.1, -0.05) is 0 Å². The van der Waals surface area contributed by atoms with Crippen LogP contribution < -0.4 is 4.90 Å². The van der Waals surface area contributed by atoms with Gasteiger partial charge < -0.3 is 14.5 Å². The number of piperidine rings is 1. The van der Waals surface area contributed by atoms with Crippen molar-refractivity contribution in [2.24, 2.45) is 5.92 Å². The van der Waals surface area contributed by atoms with Crippen LogP contribution in [0.4, 0.5) is 30.2 Å². The van der Waals surface area contributed by atoms with Crippen molar-refractivity contribution in [3.05, 3.63) is 37.9 Å². The molecule has 13 heteroatoms. The normalized spacial score (nSPS) is 22.7. The zero-order valence-electron chi connectivity index (χ0n) is 17.5. The summed E-state index contributed by atoms with van der Waals surface area (Å²) < 4.78 is 45.0. The molecular formula is C19H23F3N4O6. The Bertz CT molecular complexity index is 872. The second kappa shape index (κ2) is 8.88. The number of nitro benzene ring substituents is 2. The van der Waals surface area contributed by atoms with Gasteiger partial charge in [-0.15, -0.1) is 0 Å². The molecule has 0 saturated carbocycles. The minimum Gasteiger partial charge on any atom is -0.372 e. The summed E-state index contributed by atoms with van der Waals surface area (Å²) in [6.45, 7) is 4.75. The van der Waals surface area contributed by atoms with Gasteiger partial charge in [0.25, 0.3) is 11.4 Å². The van der Waals surface area contributed by atoms with Crippen molar-refractivity contribution in [1.29, 1.82) is 0 Å². The number of alkyl halides is 3. The number of carbonyl (C=O) groups excluding carboxylic acids is 1. The number of hydrogen-bond donors (Lipinski definition) is 0. The molecule has 2 aliphatic heterocycles. The van der Waals surface area contributed by atoms with Crippen LogP contribution in [0.2, 0.25) is 0 Å². The number of benzene rings is 1. The average Bonchev–Trinajstić information content (AvgIpc) is 2.70. The fourth-order valence-corrected chi connectivity index (χ4v) is 4.34. The maximum absolute atomic E-state index is 13.1. The molecule has 1 amide bonds. The van der Waals surface area contributed by atoms with Crippen molar-refractivity contribution in [2.75, 3.05) is 31.1 Å². The number of amides is 1. The van der Waals surface area contributed by atoms with Crippen LogP contribution in [0.25, 0.3) is 0 Å². The zero-order valence-corrected chi connectivity index (χ0v) is 17.5. The van der Waals surface area contributed by atoms with Crippen LogP contribution in [-0.4, -0.2) is 59.0 Å². The largest absolute Gasteiger partial charge is 0.416 e. The molecule has 176 valence electrons. The molecule has 2 aliphatic rings. The lowest BCUT2D eigenvalue weighted by molar-refractivity contribution is -0.393. The molecule has 0 bridgehead atoms. The number of hydrogen-bond acceptors (Lipinski definition) is 7. The van der Waals surface area contributed by atoms with Crippen molar-refractivity contribution in [1.82, 2.24) is 4.90 Å². The molecule has 0 N–H and O–H groups in total. The van der Waals surface area contributed by atoms with Crippen molar-refractivity contribution in [3.63, 3.8) is 0 Å². The van der Waals surface area contributed by atoms with Gasteiger partial charge in [-0.3, -0.25) is 25.0 Å². The Labute approximate surface area is 181 Å². The molecule has 0 spiro atoms. The second-order valence-electron chi connectivity index (χ2n) is 8.14. The lowest BCUT2D eigenvalue weighted by atomic mass is 9.93. The van der Waals surface area contributed by atoms with E-state index in [1.165, 1.54) is 4.90 Å². The SMILES string of the molecule is CC1CN(C(=O)C2CCN(c3c([N+](=O)[O-])cc(C(F)(F)F)cc3[N+](=O)[O-])CC2)CC(C)O1. The van der Waals surface area contributed by atoms with Crippen LogP contribution in [0.15, 0.2) is 12.1 Å². The highest BCUT2D eigenvalue weighted by Gasteiger charge is 2.41. The van der Waals surface area contributed by atoms with E-state index in [-0.39, 0.29) is 50.0 Å². The maximum atomic E-state index is 13.1. The molecule has 2 fully saturated rings. The molecule has 0 aliphatic carbocycles. The molecule has 1 aromatic rings. The van der Waals surface area contributed by atoms with Crippen LogP contribution in [-0.2, 0) is 15.7 Å². The third-order valence-corrected chi connectivity index (χ3v) is 5.68. The van der Waals surface area contributed by atoms with Gasteiger partial charge in [0.2, 0.25) is 5.91 Å². The Balaban J connectivity index is 1.83. The van der Waals surface area contributed by atoms with E-state index < -0.39 is 38.6 Å². The lowest BCUT2D eigenvalue weighted by Crippen LogP contribution is -2.51. The molecule has 2 atom stereocenters. The van der Waals surface area contributed by atoms with Crippen LogP contribution in [0.5, 0.6) is 0 Å². The minimum absolute atomic E-state index is 0.0684. The monoisotopic (exact) mass is 460 g/mol. The summed E-state index contributed by atoms with van der Waals surface area (Å²) in [4.78, 5) is 36.8. The van der Waals surface area contributed by atoms with Crippen LogP contribution >= 0.6 is 0 Å². The van der Waals surface area contributed by atoms with Crippen molar-refractivity contribution in [2.45, 2.75) is 45.1 Å². The lowest BCUT2D eigenvalue weighted by Gasteiger charge is -2.39. The van der Waals surface area contributed by atoms with E-state index in [1.807, 2.05) is 13.8 Å². The third-order valence-electron chi connectivity index (χ3n) is 5.68. The number of nitro groups is 2. The Morgan fingerprint density at radius 1 is 1.03 bits per heavy atom. The summed E-state index contributed by atoms with van der Waals surface area (Å²) in [5.74, 6) is -0.459. The molecule has 0 radical (unpaired) electrons. The first-order valence-electron chi connectivity index (χ1n) is 10.1. The molecule has 32 heavy (non-hydrogen) atoms. The summed E-state index contributed by atoms with van der Waals surface area (Å²) >= 11 is 0. The third kappa shape index (κ3) is 4.92. The highest BCUT2D eigenvalue weighted by Crippen LogP contribution is 2.44. The Hall–Kier alpha value is -2.96. The molecule has 3 rings (SSSR count). The van der Waals surface area contributed by atoms with E-state index in [2.05, 4.69) is 0 Å². The molecule has 10 nitrogen and oxygen atoms in total. The Morgan fingerprint density at radius 3 is 1.91 bits per heavy atom. The number of nitrogens with zero attached hydrogens (tertiary/aromatic N) is 4. The Morgan fingerprint density at radius 2 is 1.50 bits per heavy atom. The van der Waals surface area contributed by atoms with Gasteiger partial charge in [0.15, 0.2) is 5.69 Å². The summed E-state index contributed by atoms with van der Waals surface area (Å²) in [6, 6.07) is 0.631. The number of halogens is 3. The van der Waals surface area contributed by atoms with E-state index in [4.69, 9.17) is 4.74 Å². The van der Waals surface area contributed by atoms with Crippen LogP contribution in [0.1, 0.15) is 32.3 Å². The molecule has 0 aromatic heterocycles. The first-order chi connectivity index (χ1) is 14.9. The Kier molecular flexibility index (Phi) is 6.58. The van der Waals surface area contributed by atoms with E-state index in [1.54, 1.807) is 4.90 Å². The van der Waals surface area contributed by atoms with Gasteiger partial charge in [-0.05, 0) is 26.7 Å². The molecular weight excluding hydrogens is 437 g/mol. The second-order valence-corrected chi connectivity index (χ2v) is 8.14. The minimum atomic E-state index is -4.97.